The third-order valence-electron chi connectivity index (χ3n) is 4.74. The minimum absolute atomic E-state index is 0.250. The van der Waals surface area contributed by atoms with Gasteiger partial charge in [0.05, 0.1) is 12.6 Å². The summed E-state index contributed by atoms with van der Waals surface area (Å²) >= 11 is 0. The van der Waals surface area contributed by atoms with E-state index >= 15 is 0 Å². The van der Waals surface area contributed by atoms with Crippen LogP contribution in [0.3, 0.4) is 0 Å². The molecule has 0 radical (unpaired) electrons. The molecule has 25 heavy (non-hydrogen) atoms. The Morgan fingerprint density at radius 1 is 1.20 bits per heavy atom. The molecule has 128 valence electrons. The Morgan fingerprint density at radius 3 is 2.76 bits per heavy atom. The summed E-state index contributed by atoms with van der Waals surface area (Å²) < 4.78 is 5.77. The molecule has 2 aromatic carbocycles. The van der Waals surface area contributed by atoms with Crippen molar-refractivity contribution in [3.63, 3.8) is 0 Å². The van der Waals surface area contributed by atoms with E-state index < -0.39 is 12.0 Å². The van der Waals surface area contributed by atoms with E-state index in [1.165, 1.54) is 0 Å². The van der Waals surface area contributed by atoms with Crippen molar-refractivity contribution in [1.29, 1.82) is 0 Å². The molecule has 0 aliphatic carbocycles. The maximum absolute atomic E-state index is 11.7. The summed E-state index contributed by atoms with van der Waals surface area (Å²) in [6, 6.07) is 14.9. The maximum atomic E-state index is 11.7. The number of ether oxygens (including phenoxy) is 1. The highest BCUT2D eigenvalue weighted by Gasteiger charge is 2.34. The summed E-state index contributed by atoms with van der Waals surface area (Å²) in [5, 5.41) is 14.0. The second-order valence-electron chi connectivity index (χ2n) is 6.23. The standard InChI is InChI=1S/C20H20N2O3/c1-2-25-17-10-6-4-8-13(17)18-19-14(11-16(22-18)20(23)24)12-7-3-5-9-15(12)21-19/h3-10,16,18,21-22H,2,11H2,1H3,(H,23,24)/t16-,18?/m0/s1. The van der Waals surface area contributed by atoms with Crippen molar-refractivity contribution >= 4 is 16.9 Å². The van der Waals surface area contributed by atoms with Crippen LogP contribution in [0.2, 0.25) is 0 Å². The fraction of sp³-hybridized carbons (Fsp3) is 0.250. The number of para-hydroxylation sites is 2. The number of nitrogens with one attached hydrogen (secondary N) is 2. The van der Waals surface area contributed by atoms with Crippen LogP contribution < -0.4 is 10.1 Å². The van der Waals surface area contributed by atoms with E-state index in [9.17, 15) is 9.90 Å². The molecule has 2 atom stereocenters. The molecule has 4 rings (SSSR count). The molecular formula is C20H20N2O3. The summed E-state index contributed by atoms with van der Waals surface area (Å²) in [7, 11) is 0. The minimum atomic E-state index is -0.838. The van der Waals surface area contributed by atoms with Crippen molar-refractivity contribution in [1.82, 2.24) is 10.3 Å². The predicted octanol–water partition coefficient (Wildman–Crippen LogP) is 3.25. The number of H-pyrrole nitrogens is 1. The fourth-order valence-corrected chi connectivity index (χ4v) is 3.64. The number of rotatable bonds is 4. The number of aromatic nitrogens is 1. The van der Waals surface area contributed by atoms with Crippen molar-refractivity contribution in [2.75, 3.05) is 6.61 Å². The van der Waals surface area contributed by atoms with E-state index in [1.54, 1.807) is 0 Å². The normalized spacial score (nSPS) is 19.6. The molecule has 5 nitrogen and oxygen atoms in total. The number of fused-ring (bicyclic) bond motifs is 3. The molecule has 3 aromatic rings. The van der Waals surface area contributed by atoms with Gasteiger partial charge >= 0.3 is 5.97 Å². The molecule has 0 bridgehead atoms. The molecule has 0 amide bonds. The predicted molar refractivity (Wildman–Crippen MR) is 96.0 cm³/mol. The highest BCUT2D eigenvalue weighted by Crippen LogP contribution is 2.38. The number of aromatic amines is 1. The highest BCUT2D eigenvalue weighted by molar-refractivity contribution is 5.87. The zero-order valence-electron chi connectivity index (χ0n) is 14.0. The van der Waals surface area contributed by atoms with Crippen LogP contribution in [0.5, 0.6) is 5.75 Å². The molecular weight excluding hydrogens is 316 g/mol. The maximum Gasteiger partial charge on any atom is 0.321 e. The summed E-state index contributed by atoms with van der Waals surface area (Å²) in [6.07, 6.45) is 0.460. The van der Waals surface area contributed by atoms with Crippen LogP contribution in [0.15, 0.2) is 48.5 Å². The van der Waals surface area contributed by atoms with Crippen LogP contribution in [0.4, 0.5) is 0 Å². The molecule has 1 aliphatic heterocycles. The Labute approximate surface area is 145 Å². The summed E-state index contributed by atoms with van der Waals surface area (Å²) in [6.45, 7) is 2.51. The van der Waals surface area contributed by atoms with E-state index in [-0.39, 0.29) is 6.04 Å². The number of hydrogen-bond acceptors (Lipinski definition) is 3. The zero-order valence-corrected chi connectivity index (χ0v) is 14.0. The summed E-state index contributed by atoms with van der Waals surface area (Å²) in [5.74, 6) is -0.0621. The van der Waals surface area contributed by atoms with Crippen molar-refractivity contribution < 1.29 is 14.6 Å². The number of carboxylic acids is 1. The van der Waals surface area contributed by atoms with Crippen LogP contribution in [0, 0.1) is 0 Å². The lowest BCUT2D eigenvalue weighted by Crippen LogP contribution is -2.45. The van der Waals surface area contributed by atoms with Crippen LogP contribution >= 0.6 is 0 Å². The number of carboxylic acid groups (broad SMARTS) is 1. The third kappa shape index (κ3) is 2.66. The summed E-state index contributed by atoms with van der Waals surface area (Å²) in [5.41, 5.74) is 4.06. The van der Waals surface area contributed by atoms with Crippen LogP contribution in [-0.4, -0.2) is 28.7 Å². The molecule has 5 heteroatoms. The smallest absolute Gasteiger partial charge is 0.321 e. The fourth-order valence-electron chi connectivity index (χ4n) is 3.64. The first kappa shape index (κ1) is 15.7. The van der Waals surface area contributed by atoms with Gasteiger partial charge in [0.1, 0.15) is 11.8 Å². The Hall–Kier alpha value is -2.79. The van der Waals surface area contributed by atoms with Gasteiger partial charge in [-0.1, -0.05) is 36.4 Å². The third-order valence-corrected chi connectivity index (χ3v) is 4.74. The van der Waals surface area contributed by atoms with Crippen LogP contribution in [0.25, 0.3) is 10.9 Å². The lowest BCUT2D eigenvalue weighted by atomic mass is 9.90. The van der Waals surface area contributed by atoms with E-state index in [1.807, 2.05) is 55.5 Å². The first-order valence-corrected chi connectivity index (χ1v) is 8.49. The molecule has 3 N–H and O–H groups in total. The minimum Gasteiger partial charge on any atom is -0.494 e. The Balaban J connectivity index is 1.90. The molecule has 0 spiro atoms. The van der Waals surface area contributed by atoms with Gasteiger partial charge in [-0.2, -0.15) is 0 Å². The Kier molecular flexibility index (Phi) is 3.93. The van der Waals surface area contributed by atoms with Gasteiger partial charge in [-0.05, 0) is 24.6 Å². The lowest BCUT2D eigenvalue weighted by molar-refractivity contribution is -0.139. The molecule has 0 fully saturated rings. The monoisotopic (exact) mass is 336 g/mol. The van der Waals surface area contributed by atoms with Crippen LogP contribution in [-0.2, 0) is 11.2 Å². The average Bonchev–Trinajstić information content (AvgIpc) is 3.00. The highest BCUT2D eigenvalue weighted by atomic mass is 16.5. The second kappa shape index (κ2) is 6.26. The van der Waals surface area contributed by atoms with Gasteiger partial charge in [0, 0.05) is 28.6 Å². The van der Waals surface area contributed by atoms with Gasteiger partial charge in [0.15, 0.2) is 0 Å². The molecule has 0 saturated carbocycles. The van der Waals surface area contributed by atoms with Gasteiger partial charge in [0.25, 0.3) is 0 Å². The van der Waals surface area contributed by atoms with Gasteiger partial charge in [-0.15, -0.1) is 0 Å². The Morgan fingerprint density at radius 2 is 1.96 bits per heavy atom. The number of carbonyl (C=O) groups is 1. The molecule has 1 aliphatic rings. The SMILES string of the molecule is CCOc1ccccc1C1N[C@H](C(=O)O)Cc2c1[nH]c1ccccc21. The molecule has 1 unspecified atom stereocenters. The van der Waals surface area contributed by atoms with Gasteiger partial charge in [-0.3, -0.25) is 10.1 Å². The van der Waals surface area contributed by atoms with E-state index in [0.717, 1.165) is 33.5 Å². The number of hydrogen-bond donors (Lipinski definition) is 3. The average molecular weight is 336 g/mol. The van der Waals surface area contributed by atoms with Crippen LogP contribution in [0.1, 0.15) is 29.8 Å². The second-order valence-corrected chi connectivity index (χ2v) is 6.23. The quantitative estimate of drug-likeness (QED) is 0.684. The van der Waals surface area contributed by atoms with Crippen molar-refractivity contribution in [2.24, 2.45) is 0 Å². The van der Waals surface area contributed by atoms with E-state index in [2.05, 4.69) is 10.3 Å². The first-order valence-electron chi connectivity index (χ1n) is 8.49. The van der Waals surface area contributed by atoms with Gasteiger partial charge in [0.2, 0.25) is 0 Å². The zero-order chi connectivity index (χ0) is 17.4. The van der Waals surface area contributed by atoms with E-state index in [4.69, 9.17) is 4.74 Å². The van der Waals surface area contributed by atoms with Crippen molar-refractivity contribution in [3.05, 3.63) is 65.4 Å². The Bertz CT molecular complexity index is 932. The van der Waals surface area contributed by atoms with Gasteiger partial charge < -0.3 is 14.8 Å². The van der Waals surface area contributed by atoms with Crippen molar-refractivity contribution in [2.45, 2.75) is 25.4 Å². The topological polar surface area (TPSA) is 74.3 Å². The largest absolute Gasteiger partial charge is 0.494 e. The molecule has 2 heterocycles. The molecule has 1 aromatic heterocycles. The lowest BCUT2D eigenvalue weighted by Gasteiger charge is -2.30. The molecule has 0 saturated heterocycles. The number of aliphatic carboxylic acids is 1. The first-order chi connectivity index (χ1) is 12.2. The van der Waals surface area contributed by atoms with Crippen molar-refractivity contribution in [3.8, 4) is 5.75 Å². The van der Waals surface area contributed by atoms with E-state index in [0.29, 0.717) is 13.0 Å². The van der Waals surface area contributed by atoms with Gasteiger partial charge in [-0.25, -0.2) is 0 Å². The number of benzene rings is 2. The summed E-state index contributed by atoms with van der Waals surface area (Å²) in [4.78, 5) is 15.2.